The van der Waals surface area contributed by atoms with E-state index in [2.05, 4.69) is 15.5 Å². The average molecular weight is 293 g/mol. The fraction of sp³-hybridized carbons (Fsp3) is 0.429. The van der Waals surface area contributed by atoms with E-state index in [0.29, 0.717) is 24.1 Å². The van der Waals surface area contributed by atoms with E-state index in [-0.39, 0.29) is 24.6 Å². The van der Waals surface area contributed by atoms with Crippen molar-refractivity contribution >= 4 is 0 Å². The predicted molar refractivity (Wildman–Crippen MR) is 71.2 cm³/mol. The van der Waals surface area contributed by atoms with Gasteiger partial charge in [0.15, 0.2) is 6.61 Å². The molecule has 0 spiro atoms. The topological polar surface area (TPSA) is 69.4 Å². The van der Waals surface area contributed by atoms with E-state index in [9.17, 15) is 4.39 Å². The molecule has 0 bridgehead atoms. The van der Waals surface area contributed by atoms with Gasteiger partial charge in [-0.05, 0) is 31.2 Å². The molecule has 0 unspecified atom stereocenters. The monoisotopic (exact) mass is 293 g/mol. The number of aromatic nitrogens is 2. The number of hydrogen-bond donors (Lipinski definition) is 1. The van der Waals surface area contributed by atoms with E-state index < -0.39 is 0 Å². The zero-order valence-corrected chi connectivity index (χ0v) is 11.6. The fourth-order valence-corrected chi connectivity index (χ4v) is 2.14. The lowest BCUT2D eigenvalue weighted by atomic mass is 10.1. The molecule has 1 aliphatic heterocycles. The first-order chi connectivity index (χ1) is 10.2. The van der Waals surface area contributed by atoms with Gasteiger partial charge in [-0.15, -0.1) is 0 Å². The van der Waals surface area contributed by atoms with Crippen molar-refractivity contribution in [3.63, 3.8) is 0 Å². The van der Waals surface area contributed by atoms with Crippen LogP contribution in [0.4, 0.5) is 4.39 Å². The Balaban J connectivity index is 1.61. The lowest BCUT2D eigenvalue weighted by Gasteiger charge is -2.27. The fourth-order valence-electron chi connectivity index (χ4n) is 2.14. The van der Waals surface area contributed by atoms with Gasteiger partial charge in [-0.25, -0.2) is 4.39 Å². The molecule has 2 heterocycles. The van der Waals surface area contributed by atoms with Crippen molar-refractivity contribution < 1.29 is 18.4 Å². The lowest BCUT2D eigenvalue weighted by Crippen LogP contribution is -2.40. The highest BCUT2D eigenvalue weighted by Crippen LogP contribution is 2.20. The Labute approximate surface area is 121 Å². The number of ether oxygens (including phenoxy) is 2. The Morgan fingerprint density at radius 2 is 2.19 bits per heavy atom. The van der Waals surface area contributed by atoms with Gasteiger partial charge >= 0.3 is 0 Å². The molecule has 2 atom stereocenters. The molecule has 3 rings (SSSR count). The molecule has 1 aliphatic rings. The molecular weight excluding hydrogens is 277 g/mol. The van der Waals surface area contributed by atoms with Crippen molar-refractivity contribution in [2.45, 2.75) is 25.7 Å². The van der Waals surface area contributed by atoms with Crippen molar-refractivity contribution in [1.82, 2.24) is 15.5 Å². The van der Waals surface area contributed by atoms with E-state index >= 15 is 0 Å². The minimum atomic E-state index is -0.304. The van der Waals surface area contributed by atoms with Crippen molar-refractivity contribution in [2.75, 3.05) is 13.2 Å². The molecule has 1 fully saturated rings. The van der Waals surface area contributed by atoms with Crippen LogP contribution in [-0.2, 0) is 11.3 Å². The molecule has 0 aliphatic carbocycles. The van der Waals surface area contributed by atoms with E-state index in [1.165, 1.54) is 12.1 Å². The van der Waals surface area contributed by atoms with Gasteiger partial charge in [0.25, 0.3) is 0 Å². The van der Waals surface area contributed by atoms with E-state index in [0.717, 1.165) is 6.54 Å². The number of nitrogens with one attached hydrogen (secondary N) is 1. The molecule has 1 N–H and O–H groups in total. The van der Waals surface area contributed by atoms with Gasteiger partial charge in [0, 0.05) is 6.54 Å². The van der Waals surface area contributed by atoms with Crippen molar-refractivity contribution in [2.24, 2.45) is 0 Å². The van der Waals surface area contributed by atoms with E-state index in [1.807, 2.05) is 6.92 Å². The first-order valence-electron chi connectivity index (χ1n) is 6.78. The van der Waals surface area contributed by atoms with Crippen LogP contribution >= 0.6 is 0 Å². The van der Waals surface area contributed by atoms with Crippen LogP contribution in [0.1, 0.15) is 24.7 Å². The number of nitrogens with zero attached hydrogens (tertiary/aromatic N) is 2. The minimum Gasteiger partial charge on any atom is -0.485 e. The second kappa shape index (κ2) is 6.19. The maximum Gasteiger partial charge on any atom is 0.246 e. The number of rotatable bonds is 4. The van der Waals surface area contributed by atoms with Crippen molar-refractivity contribution in [3.8, 4) is 5.75 Å². The maximum absolute atomic E-state index is 12.8. The van der Waals surface area contributed by atoms with Crippen LogP contribution in [0.3, 0.4) is 0 Å². The van der Waals surface area contributed by atoms with Gasteiger partial charge in [-0.2, -0.15) is 4.98 Å². The molecule has 6 nitrogen and oxygen atoms in total. The summed E-state index contributed by atoms with van der Waals surface area (Å²) in [5.74, 6) is 1.17. The van der Waals surface area contributed by atoms with Crippen LogP contribution in [-0.4, -0.2) is 29.4 Å². The predicted octanol–water partition coefficient (Wildman–Crippen LogP) is 1.84. The maximum atomic E-state index is 12.8. The third kappa shape index (κ3) is 3.37. The van der Waals surface area contributed by atoms with Crippen molar-refractivity contribution in [3.05, 3.63) is 41.8 Å². The highest BCUT2D eigenvalue weighted by atomic mass is 19.1. The molecule has 7 heteroatoms. The SMILES string of the molecule is C[C@H]1OCCN[C@@H]1c1nc(COc2ccc(F)cc2)no1. The zero-order chi connectivity index (χ0) is 14.7. The van der Waals surface area contributed by atoms with E-state index in [1.54, 1.807) is 12.1 Å². The van der Waals surface area contributed by atoms with Crippen LogP contribution in [0.5, 0.6) is 5.75 Å². The Morgan fingerprint density at radius 1 is 1.38 bits per heavy atom. The second-order valence-electron chi connectivity index (χ2n) is 4.80. The summed E-state index contributed by atoms with van der Waals surface area (Å²) >= 11 is 0. The first kappa shape index (κ1) is 14.0. The summed E-state index contributed by atoms with van der Waals surface area (Å²) in [5.41, 5.74) is 0. The molecular formula is C14H16FN3O3. The number of halogens is 1. The summed E-state index contributed by atoms with van der Waals surface area (Å²) in [6.45, 7) is 3.54. The van der Waals surface area contributed by atoms with Crippen LogP contribution in [0.2, 0.25) is 0 Å². The van der Waals surface area contributed by atoms with Gasteiger partial charge in [-0.1, -0.05) is 5.16 Å². The summed E-state index contributed by atoms with van der Waals surface area (Å²) in [7, 11) is 0. The van der Waals surface area contributed by atoms with Crippen LogP contribution < -0.4 is 10.1 Å². The van der Waals surface area contributed by atoms with Gasteiger partial charge in [0.1, 0.15) is 17.6 Å². The Kier molecular flexibility index (Phi) is 4.12. The van der Waals surface area contributed by atoms with Crippen LogP contribution in [0, 0.1) is 5.82 Å². The molecule has 0 amide bonds. The standard InChI is InChI=1S/C14H16FN3O3/c1-9-13(16-6-7-19-9)14-17-12(18-21-14)8-20-11-4-2-10(15)3-5-11/h2-5,9,13,16H,6-8H2,1H3/t9-,13+/m1/s1. The highest BCUT2D eigenvalue weighted by Gasteiger charge is 2.28. The molecule has 21 heavy (non-hydrogen) atoms. The normalized spacial score (nSPS) is 22.2. The number of benzene rings is 1. The summed E-state index contributed by atoms with van der Waals surface area (Å²) in [6, 6.07) is 5.67. The van der Waals surface area contributed by atoms with Crippen LogP contribution in [0.25, 0.3) is 0 Å². The quantitative estimate of drug-likeness (QED) is 0.927. The van der Waals surface area contributed by atoms with Gasteiger partial charge in [0.2, 0.25) is 11.7 Å². The number of hydrogen-bond acceptors (Lipinski definition) is 6. The molecule has 1 aromatic carbocycles. The van der Waals surface area contributed by atoms with Gasteiger partial charge < -0.3 is 19.3 Å². The van der Waals surface area contributed by atoms with Gasteiger partial charge in [-0.3, -0.25) is 0 Å². The molecule has 112 valence electrons. The largest absolute Gasteiger partial charge is 0.485 e. The number of morpholine rings is 1. The second-order valence-corrected chi connectivity index (χ2v) is 4.80. The third-order valence-corrected chi connectivity index (χ3v) is 3.25. The summed E-state index contributed by atoms with van der Waals surface area (Å²) in [6.07, 6.45) is -0.0231. The smallest absolute Gasteiger partial charge is 0.246 e. The van der Waals surface area contributed by atoms with Gasteiger partial charge in [0.05, 0.1) is 12.7 Å². The van der Waals surface area contributed by atoms with Crippen LogP contribution in [0.15, 0.2) is 28.8 Å². The lowest BCUT2D eigenvalue weighted by molar-refractivity contribution is -0.00136. The molecule has 1 saturated heterocycles. The summed E-state index contributed by atoms with van der Waals surface area (Å²) in [5, 5.41) is 7.15. The Morgan fingerprint density at radius 3 is 2.95 bits per heavy atom. The summed E-state index contributed by atoms with van der Waals surface area (Å²) in [4.78, 5) is 4.30. The summed E-state index contributed by atoms with van der Waals surface area (Å²) < 4.78 is 29.0. The third-order valence-electron chi connectivity index (χ3n) is 3.25. The van der Waals surface area contributed by atoms with Crippen molar-refractivity contribution in [1.29, 1.82) is 0 Å². The average Bonchev–Trinajstić information content (AvgIpc) is 2.96. The highest BCUT2D eigenvalue weighted by molar-refractivity contribution is 5.22. The Hall–Kier alpha value is -1.99. The molecule has 0 saturated carbocycles. The molecule has 1 aromatic heterocycles. The minimum absolute atomic E-state index is 0.0231. The van der Waals surface area contributed by atoms with E-state index in [4.69, 9.17) is 14.0 Å². The zero-order valence-electron chi connectivity index (χ0n) is 11.6. The molecule has 0 radical (unpaired) electrons. The Bertz CT molecular complexity index is 587. The molecule has 2 aromatic rings. The first-order valence-corrected chi connectivity index (χ1v) is 6.78.